The first-order valence-electron chi connectivity index (χ1n) is 12.2. The predicted molar refractivity (Wildman–Crippen MR) is 150 cm³/mol. The first kappa shape index (κ1) is 31.3. The number of nitrogens with one attached hydrogen (secondary N) is 1. The molecule has 0 aliphatic heterocycles. The van der Waals surface area contributed by atoms with Gasteiger partial charge >= 0.3 is 0 Å². The number of hydrogen-bond donors (Lipinski definition) is 3. The van der Waals surface area contributed by atoms with Crippen LogP contribution in [-0.2, 0) is 17.3 Å². The third-order valence-corrected chi connectivity index (χ3v) is 5.69. The molecule has 0 atom stereocenters. The summed E-state index contributed by atoms with van der Waals surface area (Å²) in [5.41, 5.74) is 3.75. The molecule has 0 saturated carbocycles. The molecule has 0 unspecified atom stereocenters. The van der Waals surface area contributed by atoms with E-state index in [2.05, 4.69) is 58.8 Å². The van der Waals surface area contributed by atoms with Crippen molar-refractivity contribution in [1.29, 1.82) is 0 Å². The van der Waals surface area contributed by atoms with Crippen LogP contribution in [0.2, 0.25) is 0 Å². The second kappa shape index (κ2) is 13.0. The Kier molecular flexibility index (Phi) is 11.3. The number of aromatic nitrogens is 1. The zero-order valence-electron chi connectivity index (χ0n) is 23.2. The molecule has 1 heterocycles. The van der Waals surface area contributed by atoms with Gasteiger partial charge in [-0.2, -0.15) is 0 Å². The number of hydrogen-bond acceptors (Lipinski definition) is 6. The lowest BCUT2D eigenvalue weighted by Crippen LogP contribution is -2.17. The van der Waals surface area contributed by atoms with Gasteiger partial charge in [0.1, 0.15) is 23.5 Å². The summed E-state index contributed by atoms with van der Waals surface area (Å²) >= 11 is 0. The van der Waals surface area contributed by atoms with Gasteiger partial charge in [-0.05, 0) is 55.1 Å². The topological polar surface area (TPSA) is 87.8 Å². The van der Waals surface area contributed by atoms with Crippen molar-refractivity contribution in [2.24, 2.45) is 0 Å². The van der Waals surface area contributed by atoms with Crippen molar-refractivity contribution in [1.82, 2.24) is 10.3 Å². The van der Waals surface area contributed by atoms with Crippen molar-refractivity contribution >= 4 is 12.4 Å². The minimum absolute atomic E-state index is 0. The molecule has 36 heavy (non-hydrogen) atoms. The Morgan fingerprint density at radius 1 is 0.972 bits per heavy atom. The monoisotopic (exact) mass is 518 g/mol. The van der Waals surface area contributed by atoms with Gasteiger partial charge < -0.3 is 24.7 Å². The van der Waals surface area contributed by atoms with Crippen LogP contribution >= 0.6 is 12.4 Å². The number of halogens is 1. The summed E-state index contributed by atoms with van der Waals surface area (Å²) < 4.78 is 11.5. The Morgan fingerprint density at radius 3 is 2.00 bits per heavy atom. The van der Waals surface area contributed by atoms with E-state index in [9.17, 15) is 10.2 Å². The Morgan fingerprint density at radius 2 is 1.53 bits per heavy atom. The lowest BCUT2D eigenvalue weighted by molar-refractivity contribution is 0.318. The maximum absolute atomic E-state index is 10.9. The maximum Gasteiger partial charge on any atom is 0.226 e. The third-order valence-electron chi connectivity index (χ3n) is 5.69. The number of rotatable bonds is 6. The zero-order chi connectivity index (χ0) is 26.4. The number of aromatic hydroxyl groups is 2. The molecule has 0 aliphatic carbocycles. The average molecular weight is 519 g/mol. The van der Waals surface area contributed by atoms with Crippen molar-refractivity contribution in [3.8, 4) is 28.7 Å². The van der Waals surface area contributed by atoms with Crippen molar-refractivity contribution in [3.05, 3.63) is 59.0 Å². The van der Waals surface area contributed by atoms with Crippen LogP contribution in [0.1, 0.15) is 70.9 Å². The largest absolute Gasteiger partial charge is 0.508 e. The molecule has 3 aromatic rings. The van der Waals surface area contributed by atoms with Gasteiger partial charge in [-0.1, -0.05) is 54.5 Å². The molecule has 6 nitrogen and oxygen atoms in total. The van der Waals surface area contributed by atoms with Crippen LogP contribution in [0.25, 0.3) is 11.5 Å². The summed E-state index contributed by atoms with van der Waals surface area (Å²) in [7, 11) is 1.93. The number of aryl methyl sites for hydroxylation is 1. The van der Waals surface area contributed by atoms with E-state index in [-0.39, 0.29) is 29.0 Å². The van der Waals surface area contributed by atoms with E-state index in [4.69, 9.17) is 9.15 Å². The summed E-state index contributed by atoms with van der Waals surface area (Å²) in [5.74, 6) is 1.71. The van der Waals surface area contributed by atoms with Crippen LogP contribution < -0.4 is 10.1 Å². The molecule has 2 aromatic carbocycles. The predicted octanol–water partition coefficient (Wildman–Crippen LogP) is 6.93. The van der Waals surface area contributed by atoms with Gasteiger partial charge in [0, 0.05) is 29.2 Å². The van der Waals surface area contributed by atoms with Gasteiger partial charge in [0.25, 0.3) is 0 Å². The van der Waals surface area contributed by atoms with E-state index in [1.807, 2.05) is 38.2 Å². The summed E-state index contributed by atoms with van der Waals surface area (Å²) in [6.45, 7) is 17.9. The van der Waals surface area contributed by atoms with Gasteiger partial charge in [0.05, 0.1) is 12.3 Å². The summed E-state index contributed by atoms with van der Waals surface area (Å²) in [6.07, 6.45) is 2.22. The van der Waals surface area contributed by atoms with Crippen molar-refractivity contribution in [2.75, 3.05) is 20.2 Å². The third kappa shape index (κ3) is 8.45. The molecular weight excluding hydrogens is 476 g/mol. The standard InChI is InChI=1S/C26H33NO4.C3H9N.ClH/c1-16-8-9-19(14-22(16)28)30-11-10-18-15-31-24(27-18)17-12-20(25(2,3)4)23(29)21(13-17)26(5,6)7;1-3-4-2;/h8-9,12-15,28-29H,10-11H2,1-7H3;4H,3H2,1-2H3;1H. The molecule has 0 aliphatic rings. The lowest BCUT2D eigenvalue weighted by Gasteiger charge is -2.27. The van der Waals surface area contributed by atoms with Gasteiger partial charge in [0.15, 0.2) is 0 Å². The average Bonchev–Trinajstić information content (AvgIpc) is 3.24. The van der Waals surface area contributed by atoms with E-state index in [1.165, 1.54) is 0 Å². The highest BCUT2D eigenvalue weighted by molar-refractivity contribution is 5.85. The second-order valence-electron chi connectivity index (χ2n) is 10.8. The number of phenols is 2. The Bertz CT molecular complexity index is 1070. The normalized spacial score (nSPS) is 11.4. The quantitative estimate of drug-likeness (QED) is 0.328. The van der Waals surface area contributed by atoms with E-state index in [1.54, 1.807) is 12.3 Å². The van der Waals surface area contributed by atoms with Crippen LogP contribution in [0, 0.1) is 6.92 Å². The van der Waals surface area contributed by atoms with E-state index >= 15 is 0 Å². The van der Waals surface area contributed by atoms with Crippen LogP contribution in [0.3, 0.4) is 0 Å². The zero-order valence-corrected chi connectivity index (χ0v) is 24.0. The Labute approximate surface area is 222 Å². The van der Waals surface area contributed by atoms with Gasteiger partial charge in [-0.3, -0.25) is 0 Å². The van der Waals surface area contributed by atoms with Crippen molar-refractivity contribution in [2.45, 2.75) is 72.6 Å². The molecule has 3 N–H and O–H groups in total. The Balaban J connectivity index is 0.00000120. The highest BCUT2D eigenvalue weighted by Gasteiger charge is 2.27. The molecule has 0 radical (unpaired) electrons. The van der Waals surface area contributed by atoms with E-state index < -0.39 is 0 Å². The highest BCUT2D eigenvalue weighted by Crippen LogP contribution is 2.41. The smallest absolute Gasteiger partial charge is 0.226 e. The molecule has 7 heteroatoms. The first-order chi connectivity index (χ1) is 16.3. The van der Waals surface area contributed by atoms with E-state index in [0.717, 1.165) is 34.5 Å². The molecule has 200 valence electrons. The minimum Gasteiger partial charge on any atom is -0.508 e. The van der Waals surface area contributed by atoms with Gasteiger partial charge in [-0.25, -0.2) is 4.98 Å². The lowest BCUT2D eigenvalue weighted by atomic mass is 9.78. The Hall–Kier alpha value is -2.70. The molecule has 0 fully saturated rings. The number of benzene rings is 2. The number of nitrogens with zero attached hydrogens (tertiary/aromatic N) is 1. The fourth-order valence-corrected chi connectivity index (χ4v) is 3.41. The minimum atomic E-state index is -0.219. The molecule has 0 bridgehead atoms. The van der Waals surface area contributed by atoms with Gasteiger partial charge in [-0.15, -0.1) is 12.4 Å². The van der Waals surface area contributed by atoms with Crippen LogP contribution in [0.4, 0.5) is 0 Å². The molecule has 0 spiro atoms. The van der Waals surface area contributed by atoms with Crippen LogP contribution in [0.5, 0.6) is 17.2 Å². The summed E-state index contributed by atoms with van der Waals surface area (Å²) in [6, 6.07) is 9.20. The van der Waals surface area contributed by atoms with Crippen LogP contribution in [0.15, 0.2) is 41.0 Å². The van der Waals surface area contributed by atoms with E-state index in [0.29, 0.717) is 30.4 Å². The highest BCUT2D eigenvalue weighted by atomic mass is 35.5. The molecular formula is C29H43ClN2O4. The molecule has 1 aromatic heterocycles. The first-order valence-corrected chi connectivity index (χ1v) is 12.2. The number of oxazole rings is 1. The van der Waals surface area contributed by atoms with Gasteiger partial charge in [0.2, 0.25) is 5.89 Å². The van der Waals surface area contributed by atoms with Crippen LogP contribution in [-0.4, -0.2) is 35.4 Å². The summed E-state index contributed by atoms with van der Waals surface area (Å²) in [4.78, 5) is 4.64. The van der Waals surface area contributed by atoms with Crippen molar-refractivity contribution < 1.29 is 19.4 Å². The SMILES string of the molecule is CCNC.Cc1ccc(OCCc2coc(-c3cc(C(C)(C)C)c(O)c(C(C)(C)C)c3)n2)cc1O.Cl. The van der Waals surface area contributed by atoms with Crippen molar-refractivity contribution in [3.63, 3.8) is 0 Å². The molecule has 0 saturated heterocycles. The number of ether oxygens (including phenoxy) is 1. The molecule has 0 amide bonds. The molecule has 3 rings (SSSR count). The summed E-state index contributed by atoms with van der Waals surface area (Å²) in [5, 5.41) is 23.6. The fraction of sp³-hybridized carbons (Fsp3) is 0.483. The number of phenolic OH excluding ortho intramolecular Hbond substituents is 2. The fourth-order valence-electron chi connectivity index (χ4n) is 3.41. The maximum atomic E-state index is 10.9. The second-order valence-corrected chi connectivity index (χ2v) is 10.8.